The Morgan fingerprint density at radius 1 is 1.54 bits per heavy atom. The summed E-state index contributed by atoms with van der Waals surface area (Å²) in [6.45, 7) is 0.951. The van der Waals surface area contributed by atoms with Crippen LogP contribution in [0.1, 0.15) is 5.69 Å². The quantitative estimate of drug-likeness (QED) is 0.610. The Balaban J connectivity index is 2.17. The summed E-state index contributed by atoms with van der Waals surface area (Å²) in [4.78, 5) is 14.5. The second kappa shape index (κ2) is 5.27. The molecule has 13 heavy (non-hydrogen) atoms. The minimum Gasteiger partial charge on any atom is -0.369 e. The number of hydrogen-bond donors (Lipinski definition) is 2. The highest BCUT2D eigenvalue weighted by atomic mass is 16.1. The molecule has 3 N–H and O–H groups in total. The number of aromatic nitrogens is 1. The van der Waals surface area contributed by atoms with Gasteiger partial charge in [0.05, 0.1) is 6.54 Å². The first-order valence-corrected chi connectivity index (χ1v) is 4.18. The number of hydrogen-bond acceptors (Lipinski definition) is 3. The van der Waals surface area contributed by atoms with Gasteiger partial charge in [-0.1, -0.05) is 6.07 Å². The van der Waals surface area contributed by atoms with Gasteiger partial charge in [0.25, 0.3) is 0 Å². The molecule has 70 valence electrons. The van der Waals surface area contributed by atoms with Crippen molar-refractivity contribution in [1.82, 2.24) is 10.3 Å². The highest BCUT2D eigenvalue weighted by molar-refractivity contribution is 5.75. The van der Waals surface area contributed by atoms with Crippen LogP contribution in [0.25, 0.3) is 0 Å². The third-order valence-electron chi connectivity index (χ3n) is 1.58. The lowest BCUT2D eigenvalue weighted by molar-refractivity contribution is -0.117. The van der Waals surface area contributed by atoms with E-state index in [4.69, 9.17) is 5.73 Å². The standard InChI is InChI=1S/C9H13N3O/c10-9(13)7-11-6-4-8-3-1-2-5-12-8/h1-3,5,11H,4,6-7H2,(H2,10,13). The SMILES string of the molecule is NC(=O)CNCCc1ccccn1. The molecule has 4 heteroatoms. The van der Waals surface area contributed by atoms with Crippen molar-refractivity contribution < 1.29 is 4.79 Å². The van der Waals surface area contributed by atoms with E-state index in [9.17, 15) is 4.79 Å². The third-order valence-corrected chi connectivity index (χ3v) is 1.58. The molecule has 0 fully saturated rings. The second-order valence-electron chi connectivity index (χ2n) is 2.71. The van der Waals surface area contributed by atoms with Gasteiger partial charge in [-0.05, 0) is 12.1 Å². The number of carbonyl (C=O) groups excluding carboxylic acids is 1. The van der Waals surface area contributed by atoms with Crippen molar-refractivity contribution in [2.45, 2.75) is 6.42 Å². The van der Waals surface area contributed by atoms with Gasteiger partial charge >= 0.3 is 0 Å². The third kappa shape index (κ3) is 4.22. The Bertz CT molecular complexity index is 261. The summed E-state index contributed by atoms with van der Waals surface area (Å²) in [5.74, 6) is -0.332. The molecule has 0 unspecified atom stereocenters. The lowest BCUT2D eigenvalue weighted by Gasteiger charge is -2.00. The molecule has 0 aliphatic carbocycles. The van der Waals surface area contributed by atoms with E-state index in [1.54, 1.807) is 6.20 Å². The predicted octanol–water partition coefficient (Wildman–Crippen LogP) is -0.301. The molecule has 0 bridgehead atoms. The van der Waals surface area contributed by atoms with Crippen LogP contribution in [0.2, 0.25) is 0 Å². The smallest absolute Gasteiger partial charge is 0.231 e. The van der Waals surface area contributed by atoms with Crippen molar-refractivity contribution in [2.24, 2.45) is 5.73 Å². The Morgan fingerprint density at radius 3 is 3.00 bits per heavy atom. The molecule has 0 aliphatic rings. The van der Waals surface area contributed by atoms with Crippen LogP contribution in [0.15, 0.2) is 24.4 Å². The van der Waals surface area contributed by atoms with Crippen LogP contribution in [-0.4, -0.2) is 24.0 Å². The molecule has 1 heterocycles. The molecular formula is C9H13N3O. The fourth-order valence-electron chi connectivity index (χ4n) is 0.974. The summed E-state index contributed by atoms with van der Waals surface area (Å²) in [6, 6.07) is 5.77. The Hall–Kier alpha value is -1.42. The maximum Gasteiger partial charge on any atom is 0.231 e. The Labute approximate surface area is 77.2 Å². The van der Waals surface area contributed by atoms with Gasteiger partial charge in [-0.2, -0.15) is 0 Å². The molecule has 1 aromatic rings. The minimum absolute atomic E-state index is 0.229. The van der Waals surface area contributed by atoms with Gasteiger partial charge in [0.15, 0.2) is 0 Å². The average molecular weight is 179 g/mol. The van der Waals surface area contributed by atoms with Crippen LogP contribution in [0.4, 0.5) is 0 Å². The zero-order chi connectivity index (χ0) is 9.52. The summed E-state index contributed by atoms with van der Waals surface area (Å²) in [5.41, 5.74) is 5.97. The molecule has 0 aliphatic heterocycles. The van der Waals surface area contributed by atoms with Crippen LogP contribution in [0, 0.1) is 0 Å². The van der Waals surface area contributed by atoms with Crippen LogP contribution >= 0.6 is 0 Å². The van der Waals surface area contributed by atoms with E-state index in [1.165, 1.54) is 0 Å². The number of nitrogens with one attached hydrogen (secondary N) is 1. The van der Waals surface area contributed by atoms with Gasteiger partial charge < -0.3 is 11.1 Å². The summed E-state index contributed by atoms with van der Waals surface area (Å²) < 4.78 is 0. The molecule has 0 saturated carbocycles. The first kappa shape index (κ1) is 9.67. The second-order valence-corrected chi connectivity index (χ2v) is 2.71. The number of nitrogens with zero attached hydrogens (tertiary/aromatic N) is 1. The number of rotatable bonds is 5. The van der Waals surface area contributed by atoms with Gasteiger partial charge in [0.2, 0.25) is 5.91 Å². The lowest BCUT2D eigenvalue weighted by Crippen LogP contribution is -2.29. The van der Waals surface area contributed by atoms with Gasteiger partial charge in [0.1, 0.15) is 0 Å². The molecular weight excluding hydrogens is 166 g/mol. The summed E-state index contributed by atoms with van der Waals surface area (Å²) in [7, 11) is 0. The zero-order valence-electron chi connectivity index (χ0n) is 7.36. The molecule has 0 atom stereocenters. The topological polar surface area (TPSA) is 68.0 Å². The van der Waals surface area contributed by atoms with Crippen LogP contribution in [0.3, 0.4) is 0 Å². The van der Waals surface area contributed by atoms with Gasteiger partial charge in [0, 0.05) is 24.9 Å². The molecule has 1 amide bonds. The predicted molar refractivity (Wildman–Crippen MR) is 50.0 cm³/mol. The largest absolute Gasteiger partial charge is 0.369 e. The van der Waals surface area contributed by atoms with E-state index in [0.29, 0.717) is 0 Å². The number of pyridine rings is 1. The van der Waals surface area contributed by atoms with Gasteiger partial charge in [-0.3, -0.25) is 9.78 Å². The first-order valence-electron chi connectivity index (χ1n) is 4.18. The van der Waals surface area contributed by atoms with E-state index in [0.717, 1.165) is 18.7 Å². The van der Waals surface area contributed by atoms with E-state index in [2.05, 4.69) is 10.3 Å². The van der Waals surface area contributed by atoms with Crippen LogP contribution < -0.4 is 11.1 Å². The van der Waals surface area contributed by atoms with Gasteiger partial charge in [-0.15, -0.1) is 0 Å². The molecule has 0 radical (unpaired) electrons. The first-order chi connectivity index (χ1) is 6.29. The monoisotopic (exact) mass is 179 g/mol. The van der Waals surface area contributed by atoms with Gasteiger partial charge in [-0.25, -0.2) is 0 Å². The van der Waals surface area contributed by atoms with Crippen molar-refractivity contribution in [3.05, 3.63) is 30.1 Å². The van der Waals surface area contributed by atoms with Crippen LogP contribution in [-0.2, 0) is 11.2 Å². The summed E-state index contributed by atoms with van der Waals surface area (Å²) in [6.07, 6.45) is 2.57. The van der Waals surface area contributed by atoms with Crippen molar-refractivity contribution in [1.29, 1.82) is 0 Å². The van der Waals surface area contributed by atoms with E-state index in [1.807, 2.05) is 18.2 Å². The van der Waals surface area contributed by atoms with Crippen molar-refractivity contribution in [2.75, 3.05) is 13.1 Å². The number of amides is 1. The molecule has 4 nitrogen and oxygen atoms in total. The molecule has 1 aromatic heterocycles. The minimum atomic E-state index is -0.332. The van der Waals surface area contributed by atoms with Crippen LogP contribution in [0.5, 0.6) is 0 Å². The number of primary amides is 1. The lowest BCUT2D eigenvalue weighted by atomic mass is 10.3. The maximum absolute atomic E-state index is 10.4. The summed E-state index contributed by atoms with van der Waals surface area (Å²) in [5, 5.41) is 2.92. The fraction of sp³-hybridized carbons (Fsp3) is 0.333. The molecule has 0 saturated heterocycles. The Kier molecular flexibility index (Phi) is 3.92. The van der Waals surface area contributed by atoms with Crippen molar-refractivity contribution in [3.8, 4) is 0 Å². The van der Waals surface area contributed by atoms with Crippen molar-refractivity contribution in [3.63, 3.8) is 0 Å². The number of carbonyl (C=O) groups is 1. The highest BCUT2D eigenvalue weighted by Crippen LogP contribution is 1.92. The zero-order valence-corrected chi connectivity index (χ0v) is 7.36. The van der Waals surface area contributed by atoms with E-state index >= 15 is 0 Å². The molecule has 0 spiro atoms. The number of nitrogens with two attached hydrogens (primary N) is 1. The van der Waals surface area contributed by atoms with E-state index < -0.39 is 0 Å². The molecule has 1 rings (SSSR count). The average Bonchev–Trinajstić information content (AvgIpc) is 2.14. The normalized spacial score (nSPS) is 9.85. The Morgan fingerprint density at radius 2 is 2.38 bits per heavy atom. The maximum atomic E-state index is 10.4. The van der Waals surface area contributed by atoms with E-state index in [-0.39, 0.29) is 12.5 Å². The summed E-state index contributed by atoms with van der Waals surface area (Å²) >= 11 is 0. The highest BCUT2D eigenvalue weighted by Gasteiger charge is 1.94. The van der Waals surface area contributed by atoms with Crippen molar-refractivity contribution >= 4 is 5.91 Å². The fourth-order valence-corrected chi connectivity index (χ4v) is 0.974. The molecule has 0 aromatic carbocycles.